The van der Waals surface area contributed by atoms with Crippen LogP contribution in [0.2, 0.25) is 0 Å². The molecule has 249 valence electrons. The number of hydrogen-bond donors (Lipinski definition) is 0. The van der Waals surface area contributed by atoms with Crippen LogP contribution < -0.4 is 0 Å². The van der Waals surface area contributed by atoms with Crippen molar-refractivity contribution in [2.24, 2.45) is 10.8 Å². The standard InChI is InChI=1S/C31H34NS.C13H12N.Ir/c1-18-17-32-28-23-12-10-9-11-21(23)22-14-13-20-19(2)25(16-31(6,7)8)33-29(20)27(22)26(28)24(18)15-30(3,4)5;1-10-3-6-12(7-4-10)13-8-5-11(2)9-14-13;/h9-11,13-14,17H,15-16H2,1-8H3;3-6,8-9H,1-2H3;/q2*-1;/i1D3,2D3,15D2;1D3,2D3;. The minimum absolute atomic E-state index is 0. The molecule has 4 heteroatoms. The Morgan fingerprint density at radius 2 is 1.56 bits per heavy atom. The molecule has 48 heavy (non-hydrogen) atoms. The van der Waals surface area contributed by atoms with Gasteiger partial charge in [0, 0.05) is 61.3 Å². The first kappa shape index (κ1) is 21.6. The first-order valence-corrected chi connectivity index (χ1v) is 16.3. The van der Waals surface area contributed by atoms with E-state index < -0.39 is 39.2 Å². The van der Waals surface area contributed by atoms with Crippen molar-refractivity contribution in [3.05, 3.63) is 118 Å². The van der Waals surface area contributed by atoms with Crippen LogP contribution in [0.5, 0.6) is 0 Å². The summed E-state index contributed by atoms with van der Waals surface area (Å²) in [5, 5.41) is 3.93. The Labute approximate surface area is 324 Å². The second-order valence-corrected chi connectivity index (χ2v) is 15.1. The molecule has 0 saturated carbocycles. The maximum atomic E-state index is 9.37. The van der Waals surface area contributed by atoms with Crippen molar-refractivity contribution in [2.45, 2.75) is 81.7 Å². The van der Waals surface area contributed by atoms with Crippen LogP contribution in [-0.2, 0) is 32.9 Å². The number of nitrogens with zero attached hydrogens (tertiary/aromatic N) is 2. The van der Waals surface area contributed by atoms with Crippen molar-refractivity contribution in [2.75, 3.05) is 0 Å². The van der Waals surface area contributed by atoms with Gasteiger partial charge in [-0.05, 0) is 93.8 Å². The molecule has 0 atom stereocenters. The molecule has 0 N–H and O–H groups in total. The topological polar surface area (TPSA) is 25.8 Å². The van der Waals surface area contributed by atoms with Crippen molar-refractivity contribution < 1.29 is 39.3 Å². The minimum Gasteiger partial charge on any atom is -0.304 e. The van der Waals surface area contributed by atoms with Gasteiger partial charge in [0.2, 0.25) is 0 Å². The first-order valence-electron chi connectivity index (χ1n) is 22.5. The molecule has 4 aromatic carbocycles. The molecule has 0 aliphatic heterocycles. The van der Waals surface area contributed by atoms with Crippen LogP contribution in [0.15, 0.2) is 73.1 Å². The fraction of sp³-hybridized carbons (Fsp3) is 0.318. The maximum Gasteiger partial charge on any atom is 0.0417 e. The van der Waals surface area contributed by atoms with Crippen LogP contribution in [0.1, 0.15) is 93.4 Å². The van der Waals surface area contributed by atoms with E-state index in [1.54, 1.807) is 39.0 Å². The van der Waals surface area contributed by atoms with E-state index in [1.165, 1.54) is 41.9 Å². The molecule has 7 aromatic rings. The Hall–Kier alpha value is -3.43. The van der Waals surface area contributed by atoms with E-state index in [0.717, 1.165) is 15.6 Å². The summed E-state index contributed by atoms with van der Waals surface area (Å²) in [4.78, 5) is 9.49. The van der Waals surface area contributed by atoms with Gasteiger partial charge in [-0.3, -0.25) is 0 Å². The molecule has 0 amide bonds. The summed E-state index contributed by atoms with van der Waals surface area (Å²) in [5.74, 6) is 0. The van der Waals surface area contributed by atoms with Crippen LogP contribution in [-0.4, -0.2) is 9.97 Å². The van der Waals surface area contributed by atoms with Gasteiger partial charge in [0.15, 0.2) is 0 Å². The van der Waals surface area contributed by atoms with Gasteiger partial charge in [-0.2, -0.15) is 0 Å². The van der Waals surface area contributed by atoms with Gasteiger partial charge in [0.25, 0.3) is 0 Å². The van der Waals surface area contributed by atoms with Gasteiger partial charge in [-0.25, -0.2) is 0 Å². The van der Waals surface area contributed by atoms with E-state index in [-0.39, 0.29) is 47.8 Å². The molecule has 0 spiro atoms. The summed E-state index contributed by atoms with van der Waals surface area (Å²) in [7, 11) is 0. The molecular formula is C44H46IrN2S-2. The third kappa shape index (κ3) is 7.42. The number of aryl methyl sites for hydroxylation is 4. The SMILES string of the molecule is [2H]C([2H])([2H])c1c[c-]c(-c2ccc(C([2H])([2H])[2H])cn2)cc1.[2H]C([2H])([2H])c1cnc2c3[c-]cccc3c3ccc4c(C([2H])([2H])[2H])c(CC(C)(C)C)sc4c3c2c1C([2H])([2H])C(C)(C)C.[Ir]. The van der Waals surface area contributed by atoms with Gasteiger partial charge in [0.05, 0.1) is 0 Å². The number of fused-ring (bicyclic) bond motifs is 8. The molecule has 0 aliphatic rings. The zero-order valence-electron chi connectivity index (χ0n) is 41.8. The molecule has 0 aliphatic carbocycles. The molecule has 0 fully saturated rings. The third-order valence-electron chi connectivity index (χ3n) is 7.69. The third-order valence-corrected chi connectivity index (χ3v) is 8.91. The van der Waals surface area contributed by atoms with Crippen molar-refractivity contribution in [3.8, 4) is 11.3 Å². The fourth-order valence-corrected chi connectivity index (χ4v) is 7.29. The van der Waals surface area contributed by atoms with Crippen molar-refractivity contribution >= 4 is 53.9 Å². The van der Waals surface area contributed by atoms with Crippen molar-refractivity contribution in [1.29, 1.82) is 0 Å². The van der Waals surface area contributed by atoms with E-state index in [0.29, 0.717) is 55.0 Å². The van der Waals surface area contributed by atoms with E-state index in [4.69, 9.17) is 16.4 Å². The summed E-state index contributed by atoms with van der Waals surface area (Å²) in [6.07, 6.45) is 1.06. The monoisotopic (exact) mass is 841 g/mol. The second-order valence-electron chi connectivity index (χ2n) is 14.0. The number of rotatable bonds is 3. The Morgan fingerprint density at radius 1 is 0.771 bits per heavy atom. The molecular weight excluding hydrogens is 781 g/mol. The van der Waals surface area contributed by atoms with Crippen molar-refractivity contribution in [3.63, 3.8) is 0 Å². The zero-order chi connectivity index (χ0) is 45.5. The quantitative estimate of drug-likeness (QED) is 0.131. The summed E-state index contributed by atoms with van der Waals surface area (Å²) >= 11 is 1.41. The first-order chi connectivity index (χ1) is 27.8. The Balaban J connectivity index is 0.000000291. The van der Waals surface area contributed by atoms with Crippen LogP contribution in [0.25, 0.3) is 53.8 Å². The second kappa shape index (κ2) is 13.8. The maximum absolute atomic E-state index is 9.37. The number of benzene rings is 4. The molecule has 3 heterocycles. The van der Waals surface area contributed by atoms with Crippen LogP contribution in [0, 0.1) is 50.4 Å². The summed E-state index contributed by atoms with van der Waals surface area (Å²) in [6.45, 7) is 2.15. The van der Waals surface area contributed by atoms with Crippen LogP contribution in [0.3, 0.4) is 0 Å². The van der Waals surface area contributed by atoms with Crippen LogP contribution in [0.4, 0.5) is 0 Å². The molecule has 0 saturated heterocycles. The van der Waals surface area contributed by atoms with Crippen molar-refractivity contribution in [1.82, 2.24) is 9.97 Å². The summed E-state index contributed by atoms with van der Waals surface area (Å²) in [5.41, 5.74) is 1.11. The zero-order valence-corrected chi connectivity index (χ0v) is 31.0. The fourth-order valence-electron chi connectivity index (χ4n) is 5.73. The summed E-state index contributed by atoms with van der Waals surface area (Å²) in [6, 6.07) is 23.0. The predicted octanol–water partition coefficient (Wildman–Crippen LogP) is 12.5. The van der Waals surface area contributed by atoms with Gasteiger partial charge in [-0.15, -0.1) is 76.4 Å². The number of pyridine rings is 2. The van der Waals surface area contributed by atoms with Gasteiger partial charge in [-0.1, -0.05) is 83.4 Å². The molecule has 0 unspecified atom stereocenters. The van der Waals surface area contributed by atoms with E-state index in [2.05, 4.69) is 42.9 Å². The molecule has 0 bridgehead atoms. The molecule has 7 rings (SSSR count). The smallest absolute Gasteiger partial charge is 0.0417 e. The van der Waals surface area contributed by atoms with E-state index in [9.17, 15) is 2.74 Å². The number of aromatic nitrogens is 2. The Kier molecular flexibility index (Phi) is 6.22. The molecule has 2 nitrogen and oxygen atoms in total. The van der Waals surface area contributed by atoms with Crippen LogP contribution >= 0.6 is 11.3 Å². The largest absolute Gasteiger partial charge is 0.304 e. The minimum atomic E-state index is -2.62. The Bertz CT molecular complexity index is 2700. The summed E-state index contributed by atoms with van der Waals surface area (Å²) < 4.78 is 114. The average molecular weight is 841 g/mol. The predicted molar refractivity (Wildman–Crippen MR) is 205 cm³/mol. The van der Waals surface area contributed by atoms with Gasteiger partial charge >= 0.3 is 0 Å². The van der Waals surface area contributed by atoms with Gasteiger partial charge < -0.3 is 9.97 Å². The number of hydrogen-bond acceptors (Lipinski definition) is 3. The van der Waals surface area contributed by atoms with E-state index >= 15 is 0 Å². The Morgan fingerprint density at radius 3 is 2.21 bits per heavy atom. The number of thiophene rings is 1. The molecule has 1 radical (unpaired) electrons. The normalized spacial score (nSPS) is 17.6. The molecule has 3 aromatic heterocycles. The van der Waals surface area contributed by atoms with Gasteiger partial charge in [0.1, 0.15) is 0 Å². The van der Waals surface area contributed by atoms with E-state index in [1.807, 2.05) is 24.3 Å². The average Bonchev–Trinajstić information content (AvgIpc) is 3.50.